The van der Waals surface area contributed by atoms with Crippen LogP contribution in [0.1, 0.15) is 11.9 Å². The zero-order valence-electron chi connectivity index (χ0n) is 8.73. The molecule has 1 aromatic heterocycles. The molecule has 0 fully saturated rings. The van der Waals surface area contributed by atoms with Gasteiger partial charge in [-0.3, -0.25) is 4.79 Å². The zero-order chi connectivity index (χ0) is 10.8. The van der Waals surface area contributed by atoms with Gasteiger partial charge in [0.15, 0.2) is 6.20 Å². The number of carbonyl (C=O) groups is 1. The van der Waals surface area contributed by atoms with Crippen LogP contribution >= 0.6 is 15.9 Å². The molecular weight excluding hydrogens is 334 g/mol. The van der Waals surface area contributed by atoms with E-state index >= 15 is 0 Å². The van der Waals surface area contributed by atoms with Crippen LogP contribution in [0.15, 0.2) is 42.6 Å². The molecule has 1 aromatic carbocycles. The summed E-state index contributed by atoms with van der Waals surface area (Å²) in [6, 6.07) is 12.0. The molecule has 0 spiro atoms. The van der Waals surface area contributed by atoms with Crippen LogP contribution in [0.3, 0.4) is 0 Å². The summed E-state index contributed by atoms with van der Waals surface area (Å²) in [5.41, 5.74) is 1.05. The Balaban J connectivity index is 0.00000128. The Morgan fingerprint density at radius 2 is 1.88 bits per heavy atom. The minimum Gasteiger partial charge on any atom is -1.00 e. The Bertz CT molecular complexity index is 508. The van der Waals surface area contributed by atoms with Crippen molar-refractivity contribution in [1.82, 2.24) is 0 Å². The van der Waals surface area contributed by atoms with Crippen molar-refractivity contribution in [2.24, 2.45) is 0 Å². The molecule has 0 saturated heterocycles. The van der Waals surface area contributed by atoms with Crippen molar-refractivity contribution < 1.29 is 26.3 Å². The normalized spacial score (nSPS) is 11.9. The number of halogens is 2. The molecule has 1 heterocycles. The second kappa shape index (κ2) is 5.55. The van der Waals surface area contributed by atoms with Crippen molar-refractivity contribution in [2.45, 2.75) is 11.9 Å². The van der Waals surface area contributed by atoms with Crippen molar-refractivity contribution in [2.75, 3.05) is 0 Å². The highest BCUT2D eigenvalue weighted by Crippen LogP contribution is 2.14. The van der Waals surface area contributed by atoms with E-state index in [4.69, 9.17) is 0 Å². The van der Waals surface area contributed by atoms with E-state index in [-0.39, 0.29) is 27.7 Å². The molecule has 0 saturated carbocycles. The summed E-state index contributed by atoms with van der Waals surface area (Å²) in [4.78, 5) is 11.0. The number of rotatable bonds is 2. The van der Waals surface area contributed by atoms with Gasteiger partial charge in [-0.25, -0.2) is 0 Å². The molecule has 4 heteroatoms. The maximum Gasteiger partial charge on any atom is 0.270 e. The lowest BCUT2D eigenvalue weighted by Gasteiger charge is -2.03. The van der Waals surface area contributed by atoms with Crippen LogP contribution in [-0.2, 0) is 4.79 Å². The number of aromatic nitrogens is 1. The molecule has 0 aliphatic heterocycles. The summed E-state index contributed by atoms with van der Waals surface area (Å²) < 4.78 is 1.93. The molecule has 0 amide bonds. The van der Waals surface area contributed by atoms with E-state index in [0.717, 1.165) is 10.9 Å². The lowest BCUT2D eigenvalue weighted by Crippen LogP contribution is -3.00. The summed E-state index contributed by atoms with van der Waals surface area (Å²) in [5, 5.41) is 1.13. The zero-order valence-corrected chi connectivity index (χ0v) is 11.9. The summed E-state index contributed by atoms with van der Waals surface area (Å²) in [5.74, 6) is 0.0938. The van der Waals surface area contributed by atoms with Crippen molar-refractivity contribution in [1.29, 1.82) is 0 Å². The fourth-order valence-electron chi connectivity index (χ4n) is 1.58. The van der Waals surface area contributed by atoms with Gasteiger partial charge in [-0.2, -0.15) is 4.57 Å². The maximum atomic E-state index is 11.3. The monoisotopic (exact) mass is 343 g/mol. The molecular formula is C12H11Br2NO. The van der Waals surface area contributed by atoms with E-state index in [1.54, 1.807) is 6.92 Å². The van der Waals surface area contributed by atoms with E-state index in [1.807, 2.05) is 47.2 Å². The van der Waals surface area contributed by atoms with E-state index in [9.17, 15) is 4.79 Å². The van der Waals surface area contributed by atoms with Crippen molar-refractivity contribution in [3.63, 3.8) is 0 Å². The number of pyridine rings is 1. The summed E-state index contributed by atoms with van der Waals surface area (Å²) in [6.45, 7) is 1.58. The Kier molecular flexibility index (Phi) is 4.62. The molecule has 16 heavy (non-hydrogen) atoms. The second-order valence-corrected chi connectivity index (χ2v) is 4.29. The third kappa shape index (κ3) is 2.50. The molecule has 0 aliphatic carbocycles. The first-order chi connectivity index (χ1) is 7.20. The highest BCUT2D eigenvalue weighted by atomic mass is 79.9. The number of hydrogen-bond donors (Lipinski definition) is 0. The predicted molar refractivity (Wildman–Crippen MR) is 62.8 cm³/mol. The highest BCUT2D eigenvalue weighted by Gasteiger charge is 2.21. The van der Waals surface area contributed by atoms with Crippen LogP contribution in [0.5, 0.6) is 0 Å². The van der Waals surface area contributed by atoms with Crippen molar-refractivity contribution in [3.05, 3.63) is 42.6 Å². The average molecular weight is 345 g/mol. The van der Waals surface area contributed by atoms with Crippen LogP contribution in [0.4, 0.5) is 0 Å². The number of hydrogen-bond acceptors (Lipinski definition) is 1. The van der Waals surface area contributed by atoms with Gasteiger partial charge < -0.3 is 17.0 Å². The number of benzene rings is 1. The number of ketones is 1. The maximum absolute atomic E-state index is 11.3. The Morgan fingerprint density at radius 3 is 2.56 bits per heavy atom. The lowest BCUT2D eigenvalue weighted by molar-refractivity contribution is -0.659. The first kappa shape index (κ1) is 13.3. The Morgan fingerprint density at radius 1 is 1.25 bits per heavy atom. The van der Waals surface area contributed by atoms with Gasteiger partial charge >= 0.3 is 0 Å². The number of fused-ring (bicyclic) bond motifs is 1. The smallest absolute Gasteiger partial charge is 0.270 e. The third-order valence-corrected chi connectivity index (χ3v) is 3.40. The van der Waals surface area contributed by atoms with Gasteiger partial charge in [-0.15, -0.1) is 0 Å². The molecule has 1 unspecified atom stereocenters. The lowest BCUT2D eigenvalue weighted by atomic mass is 10.2. The minimum absolute atomic E-state index is 0. The number of nitrogens with zero attached hydrogens (tertiary/aromatic N) is 1. The summed E-state index contributed by atoms with van der Waals surface area (Å²) in [6.07, 6.45) is 1.91. The molecule has 0 aliphatic rings. The highest BCUT2D eigenvalue weighted by molar-refractivity contribution is 9.09. The number of Topliss-reactive ketones (excluding diaryl/α,β-unsaturated/α-hetero) is 1. The van der Waals surface area contributed by atoms with Crippen LogP contribution in [-0.4, -0.2) is 5.78 Å². The van der Waals surface area contributed by atoms with Crippen molar-refractivity contribution in [3.8, 4) is 0 Å². The van der Waals surface area contributed by atoms with E-state index in [0.29, 0.717) is 0 Å². The topological polar surface area (TPSA) is 20.9 Å². The van der Waals surface area contributed by atoms with Crippen LogP contribution < -0.4 is 21.5 Å². The van der Waals surface area contributed by atoms with Crippen LogP contribution in [0, 0.1) is 0 Å². The summed E-state index contributed by atoms with van der Waals surface area (Å²) in [7, 11) is 0. The van der Waals surface area contributed by atoms with Gasteiger partial charge in [0.05, 0.1) is 0 Å². The van der Waals surface area contributed by atoms with E-state index < -0.39 is 0 Å². The fraction of sp³-hybridized carbons (Fsp3) is 0.167. The SMILES string of the molecule is CC(=O)C(Br)[n+]1cccc2ccccc21.[Br-]. The fourth-order valence-corrected chi connectivity index (χ4v) is 1.93. The minimum atomic E-state index is -0.288. The number of carbonyl (C=O) groups excluding carboxylic acids is 1. The predicted octanol–water partition coefficient (Wildman–Crippen LogP) is -0.386. The molecule has 1 atom stereocenters. The van der Waals surface area contributed by atoms with Crippen LogP contribution in [0.2, 0.25) is 0 Å². The summed E-state index contributed by atoms with van der Waals surface area (Å²) >= 11 is 3.38. The van der Waals surface area contributed by atoms with Gasteiger partial charge in [-0.1, -0.05) is 12.1 Å². The van der Waals surface area contributed by atoms with Crippen LogP contribution in [0.25, 0.3) is 10.9 Å². The molecule has 0 bridgehead atoms. The Hall–Kier alpha value is -0.740. The van der Waals surface area contributed by atoms with Gasteiger partial charge in [0.2, 0.25) is 11.3 Å². The molecule has 2 rings (SSSR count). The van der Waals surface area contributed by atoms with Gasteiger partial charge in [-0.05, 0) is 28.1 Å². The van der Waals surface area contributed by atoms with Crippen molar-refractivity contribution >= 4 is 32.6 Å². The molecule has 0 radical (unpaired) electrons. The average Bonchev–Trinajstić information content (AvgIpc) is 2.27. The molecule has 2 nitrogen and oxygen atoms in total. The Labute approximate surface area is 113 Å². The third-order valence-electron chi connectivity index (χ3n) is 2.32. The van der Waals surface area contributed by atoms with E-state index in [2.05, 4.69) is 15.9 Å². The van der Waals surface area contributed by atoms with E-state index in [1.165, 1.54) is 0 Å². The first-order valence-corrected chi connectivity index (χ1v) is 5.65. The number of alkyl halides is 1. The second-order valence-electron chi connectivity index (χ2n) is 3.42. The molecule has 0 N–H and O–H groups in total. The van der Waals surface area contributed by atoms with Gasteiger partial charge in [0, 0.05) is 24.4 Å². The largest absolute Gasteiger partial charge is 1.00 e. The van der Waals surface area contributed by atoms with Gasteiger partial charge in [0.1, 0.15) is 0 Å². The number of para-hydroxylation sites is 1. The molecule has 2 aromatic rings. The standard InChI is InChI=1S/C12H11BrNO.BrH/c1-9(15)12(13)14-8-4-6-10-5-2-3-7-11(10)14;/h2-8,12H,1H3;1H/q+1;/p-1. The quantitative estimate of drug-likeness (QED) is 0.537. The molecule has 84 valence electrons. The van der Waals surface area contributed by atoms with Gasteiger partial charge in [0.25, 0.3) is 4.95 Å². The first-order valence-electron chi connectivity index (χ1n) is 4.73.